The first kappa shape index (κ1) is 10.0. The average molecular weight is 223 g/mol. The van der Waals surface area contributed by atoms with Gasteiger partial charge >= 0.3 is 0 Å². The predicted molar refractivity (Wildman–Crippen MR) is 68.7 cm³/mol. The molecular formula is C14H13N3. The first-order valence-electron chi connectivity index (χ1n) is 5.62. The molecule has 0 bridgehead atoms. The van der Waals surface area contributed by atoms with Crippen molar-refractivity contribution in [3.63, 3.8) is 0 Å². The Labute approximate surface area is 99.7 Å². The molecule has 0 aliphatic rings. The van der Waals surface area contributed by atoms with Crippen LogP contribution in [0.3, 0.4) is 0 Å². The maximum atomic E-state index is 4.46. The summed E-state index contributed by atoms with van der Waals surface area (Å²) in [6.45, 7) is 2.11. The molecule has 0 saturated heterocycles. The van der Waals surface area contributed by atoms with E-state index in [-0.39, 0.29) is 0 Å². The summed E-state index contributed by atoms with van der Waals surface area (Å²) >= 11 is 0. The number of aryl methyl sites for hydroxylation is 2. The van der Waals surface area contributed by atoms with Crippen molar-refractivity contribution in [2.45, 2.75) is 6.92 Å². The number of fused-ring (bicyclic) bond motifs is 1. The van der Waals surface area contributed by atoms with Gasteiger partial charge in [0.1, 0.15) is 11.0 Å². The van der Waals surface area contributed by atoms with Gasteiger partial charge < -0.3 is 0 Å². The molecule has 17 heavy (non-hydrogen) atoms. The van der Waals surface area contributed by atoms with Crippen LogP contribution in [0, 0.1) is 6.92 Å². The van der Waals surface area contributed by atoms with Gasteiger partial charge in [0.05, 0.1) is 0 Å². The number of benzene rings is 2. The molecule has 84 valence electrons. The van der Waals surface area contributed by atoms with Gasteiger partial charge in [-0.2, -0.15) is 15.0 Å². The molecule has 1 heterocycles. The largest absolute Gasteiger partial charge is 0.187 e. The highest BCUT2D eigenvalue weighted by Gasteiger charge is 2.10. The Bertz CT molecular complexity index is 669. The molecule has 3 rings (SSSR count). The Hall–Kier alpha value is -2.16. The lowest BCUT2D eigenvalue weighted by atomic mass is 9.99. The molecule has 0 radical (unpaired) electrons. The van der Waals surface area contributed by atoms with Crippen LogP contribution in [-0.2, 0) is 7.05 Å². The minimum atomic E-state index is 0.942. The second-order valence-electron chi connectivity index (χ2n) is 4.18. The van der Waals surface area contributed by atoms with Crippen molar-refractivity contribution in [3.8, 4) is 11.1 Å². The Morgan fingerprint density at radius 1 is 0.941 bits per heavy atom. The Balaban J connectivity index is 2.38. The van der Waals surface area contributed by atoms with Crippen LogP contribution >= 0.6 is 0 Å². The Kier molecular flexibility index (Phi) is 2.18. The molecule has 2 aromatic carbocycles. The topological polar surface area (TPSA) is 30.7 Å². The smallest absolute Gasteiger partial charge is 0.121 e. The van der Waals surface area contributed by atoms with E-state index in [0.717, 1.165) is 11.0 Å². The molecular weight excluding hydrogens is 210 g/mol. The zero-order chi connectivity index (χ0) is 11.8. The molecule has 0 fully saturated rings. The number of nitrogens with zero attached hydrogens (tertiary/aromatic N) is 3. The molecule has 0 spiro atoms. The lowest BCUT2D eigenvalue weighted by Gasteiger charge is -2.05. The van der Waals surface area contributed by atoms with E-state index in [4.69, 9.17) is 0 Å². The monoisotopic (exact) mass is 223 g/mol. The van der Waals surface area contributed by atoms with Gasteiger partial charge in [0.15, 0.2) is 0 Å². The highest BCUT2D eigenvalue weighted by Crippen LogP contribution is 2.29. The number of hydrogen-bond acceptors (Lipinski definition) is 2. The van der Waals surface area contributed by atoms with Crippen LogP contribution in [0.4, 0.5) is 0 Å². The van der Waals surface area contributed by atoms with Gasteiger partial charge in [-0.05, 0) is 24.1 Å². The van der Waals surface area contributed by atoms with Gasteiger partial charge in [0.25, 0.3) is 0 Å². The highest BCUT2D eigenvalue weighted by molar-refractivity contribution is 5.93. The molecule has 1 aromatic heterocycles. The van der Waals surface area contributed by atoms with E-state index in [2.05, 4.69) is 35.3 Å². The summed E-state index contributed by atoms with van der Waals surface area (Å²) in [7, 11) is 1.85. The summed E-state index contributed by atoms with van der Waals surface area (Å²) in [5.74, 6) is 0. The van der Waals surface area contributed by atoms with E-state index in [9.17, 15) is 0 Å². The van der Waals surface area contributed by atoms with Crippen LogP contribution in [0.15, 0.2) is 42.5 Å². The predicted octanol–water partition coefficient (Wildman–Crippen LogP) is 2.94. The fourth-order valence-electron chi connectivity index (χ4n) is 2.16. The van der Waals surface area contributed by atoms with Gasteiger partial charge in [-0.15, -0.1) is 0 Å². The van der Waals surface area contributed by atoms with E-state index < -0.39 is 0 Å². The molecule has 0 N–H and O–H groups in total. The van der Waals surface area contributed by atoms with Gasteiger partial charge in [-0.25, -0.2) is 0 Å². The van der Waals surface area contributed by atoms with Crippen molar-refractivity contribution in [1.82, 2.24) is 15.0 Å². The van der Waals surface area contributed by atoms with Gasteiger partial charge in [-0.3, -0.25) is 0 Å². The summed E-state index contributed by atoms with van der Waals surface area (Å²) in [6.07, 6.45) is 0. The molecule has 0 aliphatic heterocycles. The SMILES string of the molecule is Cc1ccc2nn(C)nc2c1-c1ccccc1. The highest BCUT2D eigenvalue weighted by atomic mass is 15.4. The van der Waals surface area contributed by atoms with Gasteiger partial charge in [0.2, 0.25) is 0 Å². The van der Waals surface area contributed by atoms with Crippen LogP contribution in [0.5, 0.6) is 0 Å². The maximum Gasteiger partial charge on any atom is 0.121 e. The fourth-order valence-corrected chi connectivity index (χ4v) is 2.16. The standard InChI is InChI=1S/C14H13N3/c1-10-8-9-12-14(16-17(2)15-12)13(10)11-6-4-3-5-7-11/h3-9H,1-2H3. The van der Waals surface area contributed by atoms with Gasteiger partial charge in [0, 0.05) is 12.6 Å². The zero-order valence-corrected chi connectivity index (χ0v) is 9.88. The van der Waals surface area contributed by atoms with Crippen LogP contribution in [0.1, 0.15) is 5.56 Å². The van der Waals surface area contributed by atoms with Crippen molar-refractivity contribution >= 4 is 11.0 Å². The Morgan fingerprint density at radius 3 is 2.47 bits per heavy atom. The van der Waals surface area contributed by atoms with Crippen LogP contribution < -0.4 is 0 Å². The molecule has 0 atom stereocenters. The second-order valence-corrected chi connectivity index (χ2v) is 4.18. The van der Waals surface area contributed by atoms with E-state index in [1.54, 1.807) is 4.80 Å². The van der Waals surface area contributed by atoms with Crippen LogP contribution in [0.25, 0.3) is 22.2 Å². The zero-order valence-electron chi connectivity index (χ0n) is 9.88. The lowest BCUT2D eigenvalue weighted by molar-refractivity contribution is 0.665. The summed E-state index contributed by atoms with van der Waals surface area (Å²) < 4.78 is 0. The molecule has 0 saturated carbocycles. The van der Waals surface area contributed by atoms with Crippen molar-refractivity contribution in [1.29, 1.82) is 0 Å². The molecule has 0 unspecified atom stereocenters. The number of rotatable bonds is 1. The van der Waals surface area contributed by atoms with Crippen molar-refractivity contribution in [2.24, 2.45) is 7.05 Å². The third-order valence-electron chi connectivity index (χ3n) is 2.92. The number of aromatic nitrogens is 3. The average Bonchev–Trinajstić information content (AvgIpc) is 2.70. The molecule has 3 aromatic rings. The first-order valence-corrected chi connectivity index (χ1v) is 5.62. The summed E-state index contributed by atoms with van der Waals surface area (Å²) in [6, 6.07) is 14.4. The lowest BCUT2D eigenvalue weighted by Crippen LogP contribution is -1.91. The molecule has 3 heteroatoms. The van der Waals surface area contributed by atoms with Crippen LogP contribution in [0.2, 0.25) is 0 Å². The van der Waals surface area contributed by atoms with E-state index in [1.807, 2.05) is 31.3 Å². The minimum absolute atomic E-state index is 0.942. The van der Waals surface area contributed by atoms with Gasteiger partial charge in [-0.1, -0.05) is 36.4 Å². The summed E-state index contributed by atoms with van der Waals surface area (Å²) in [5, 5.41) is 8.80. The maximum absolute atomic E-state index is 4.46. The van der Waals surface area contributed by atoms with Crippen molar-refractivity contribution < 1.29 is 0 Å². The van der Waals surface area contributed by atoms with Crippen LogP contribution in [-0.4, -0.2) is 15.0 Å². The third-order valence-corrected chi connectivity index (χ3v) is 2.92. The van der Waals surface area contributed by atoms with Crippen molar-refractivity contribution in [2.75, 3.05) is 0 Å². The minimum Gasteiger partial charge on any atom is -0.187 e. The van der Waals surface area contributed by atoms with E-state index in [1.165, 1.54) is 16.7 Å². The molecule has 0 aliphatic carbocycles. The van der Waals surface area contributed by atoms with E-state index >= 15 is 0 Å². The third kappa shape index (κ3) is 1.60. The quantitative estimate of drug-likeness (QED) is 0.635. The second kappa shape index (κ2) is 3.70. The molecule has 3 nitrogen and oxygen atoms in total. The first-order chi connectivity index (χ1) is 8.25. The Morgan fingerprint density at radius 2 is 1.71 bits per heavy atom. The number of hydrogen-bond donors (Lipinski definition) is 0. The fraction of sp³-hybridized carbons (Fsp3) is 0.143. The molecule has 0 amide bonds. The normalized spacial score (nSPS) is 10.9. The van der Waals surface area contributed by atoms with E-state index in [0.29, 0.717) is 0 Å². The summed E-state index contributed by atoms with van der Waals surface area (Å²) in [5.41, 5.74) is 5.51. The summed E-state index contributed by atoms with van der Waals surface area (Å²) in [4.78, 5) is 1.62. The van der Waals surface area contributed by atoms with Crippen molar-refractivity contribution in [3.05, 3.63) is 48.0 Å².